The topological polar surface area (TPSA) is 0 Å². The van der Waals surface area contributed by atoms with Gasteiger partial charge in [0.05, 0.1) is 0 Å². The van der Waals surface area contributed by atoms with E-state index in [9.17, 15) is 0 Å². The standard InChI is InChI=1S/C8H8.In/c1-2-8-6-4-3-5-7-8;/h2-7H,1H2;. The Bertz CT molecular complexity index is 167. The summed E-state index contributed by atoms with van der Waals surface area (Å²) in [5.41, 5.74) is 1.17. The van der Waals surface area contributed by atoms with Gasteiger partial charge < -0.3 is 0 Å². The van der Waals surface area contributed by atoms with E-state index in [1.807, 2.05) is 36.4 Å². The molecule has 43 valence electrons. The van der Waals surface area contributed by atoms with E-state index >= 15 is 0 Å². The van der Waals surface area contributed by atoms with E-state index in [2.05, 4.69) is 6.58 Å². The zero-order valence-electron chi connectivity index (χ0n) is 5.25. The maximum Gasteiger partial charge on any atom is 0 e. The Morgan fingerprint density at radius 2 is 1.67 bits per heavy atom. The van der Waals surface area contributed by atoms with Crippen LogP contribution in [0.1, 0.15) is 5.56 Å². The van der Waals surface area contributed by atoms with E-state index in [1.54, 1.807) is 0 Å². The molecule has 1 aromatic rings. The predicted molar refractivity (Wildman–Crippen MR) is 42.3 cm³/mol. The molecule has 0 N–H and O–H groups in total. The fraction of sp³-hybridized carbons (Fsp3) is 0. The molecule has 1 rings (SSSR count). The van der Waals surface area contributed by atoms with E-state index in [0.29, 0.717) is 0 Å². The molecule has 3 radical (unpaired) electrons. The maximum atomic E-state index is 3.63. The van der Waals surface area contributed by atoms with Gasteiger partial charge in [0, 0.05) is 25.8 Å². The van der Waals surface area contributed by atoms with Crippen LogP contribution in [0.3, 0.4) is 0 Å². The first kappa shape index (κ1) is 8.83. The summed E-state index contributed by atoms with van der Waals surface area (Å²) in [6.45, 7) is 3.63. The van der Waals surface area contributed by atoms with E-state index < -0.39 is 0 Å². The fourth-order valence-corrected chi connectivity index (χ4v) is 0.589. The molecule has 0 saturated carbocycles. The van der Waals surface area contributed by atoms with Crippen molar-refractivity contribution in [3.63, 3.8) is 0 Å². The van der Waals surface area contributed by atoms with Gasteiger partial charge >= 0.3 is 0 Å². The van der Waals surface area contributed by atoms with Crippen molar-refractivity contribution in [2.75, 3.05) is 0 Å². The molecule has 0 amide bonds. The molecule has 0 nitrogen and oxygen atoms in total. The molecule has 0 spiro atoms. The molecule has 1 heteroatoms. The zero-order chi connectivity index (χ0) is 5.82. The predicted octanol–water partition coefficient (Wildman–Crippen LogP) is 1.95. The summed E-state index contributed by atoms with van der Waals surface area (Å²) < 4.78 is 0. The second-order valence-electron chi connectivity index (χ2n) is 1.61. The van der Waals surface area contributed by atoms with Crippen molar-refractivity contribution >= 4 is 31.9 Å². The minimum Gasteiger partial charge on any atom is -0.0985 e. The quantitative estimate of drug-likeness (QED) is 0.677. The van der Waals surface area contributed by atoms with Crippen molar-refractivity contribution < 1.29 is 0 Å². The second kappa shape index (κ2) is 4.68. The van der Waals surface area contributed by atoms with Crippen molar-refractivity contribution in [1.82, 2.24) is 0 Å². The molecule has 0 aliphatic carbocycles. The largest absolute Gasteiger partial charge is 0.0985 e. The number of hydrogen-bond acceptors (Lipinski definition) is 0. The van der Waals surface area contributed by atoms with Gasteiger partial charge in [-0.2, -0.15) is 0 Å². The molecule has 0 bridgehead atoms. The molecular formula is C8H8In. The van der Waals surface area contributed by atoms with Gasteiger partial charge in [0.15, 0.2) is 0 Å². The molecule has 1 aromatic carbocycles. The molecular weight excluding hydrogens is 211 g/mol. The molecule has 0 saturated heterocycles. The van der Waals surface area contributed by atoms with Crippen LogP contribution in [0.25, 0.3) is 6.08 Å². The third-order valence-electron chi connectivity index (χ3n) is 1.04. The van der Waals surface area contributed by atoms with Crippen LogP contribution in [-0.2, 0) is 0 Å². The van der Waals surface area contributed by atoms with Crippen LogP contribution in [0.4, 0.5) is 0 Å². The maximum absolute atomic E-state index is 3.63. The fourth-order valence-electron chi connectivity index (χ4n) is 0.589. The molecule has 0 aliphatic rings. The summed E-state index contributed by atoms with van der Waals surface area (Å²) in [6.07, 6.45) is 1.83. The number of hydrogen-bond donors (Lipinski definition) is 0. The van der Waals surface area contributed by atoms with Crippen LogP contribution >= 0.6 is 0 Å². The summed E-state index contributed by atoms with van der Waals surface area (Å²) in [4.78, 5) is 0. The van der Waals surface area contributed by atoms with Crippen molar-refractivity contribution in [2.45, 2.75) is 0 Å². The molecule has 0 atom stereocenters. The first-order valence-electron chi connectivity index (χ1n) is 2.61. The van der Waals surface area contributed by atoms with Crippen molar-refractivity contribution in [3.8, 4) is 0 Å². The van der Waals surface area contributed by atoms with Gasteiger partial charge in [-0.25, -0.2) is 0 Å². The third kappa shape index (κ3) is 2.75. The van der Waals surface area contributed by atoms with Gasteiger partial charge in [-0.3, -0.25) is 0 Å². The smallest absolute Gasteiger partial charge is 0 e. The molecule has 0 unspecified atom stereocenters. The SMILES string of the molecule is C=Cc1ccccc1.[In]. The Kier molecular flexibility index (Phi) is 4.60. The van der Waals surface area contributed by atoms with E-state index in [-0.39, 0.29) is 25.8 Å². The number of benzene rings is 1. The molecule has 0 heterocycles. The Hall–Kier alpha value is -0.170. The summed E-state index contributed by atoms with van der Waals surface area (Å²) in [5, 5.41) is 0. The first-order chi connectivity index (χ1) is 3.93. The number of rotatable bonds is 1. The summed E-state index contributed by atoms with van der Waals surface area (Å²) in [5.74, 6) is 0. The van der Waals surface area contributed by atoms with E-state index in [0.717, 1.165) is 0 Å². The Morgan fingerprint density at radius 3 is 2.00 bits per heavy atom. The average molecular weight is 219 g/mol. The second-order valence-corrected chi connectivity index (χ2v) is 1.61. The summed E-state index contributed by atoms with van der Waals surface area (Å²) in [7, 11) is 0. The van der Waals surface area contributed by atoms with E-state index in [4.69, 9.17) is 0 Å². The summed E-state index contributed by atoms with van der Waals surface area (Å²) in [6, 6.07) is 10.0. The van der Waals surface area contributed by atoms with Gasteiger partial charge in [-0.1, -0.05) is 43.0 Å². The van der Waals surface area contributed by atoms with Gasteiger partial charge in [-0.15, -0.1) is 0 Å². The first-order valence-corrected chi connectivity index (χ1v) is 2.61. The average Bonchev–Trinajstić information content (AvgIpc) is 1.90. The monoisotopic (exact) mass is 219 g/mol. The minimum atomic E-state index is 0. The van der Waals surface area contributed by atoms with Crippen molar-refractivity contribution in [3.05, 3.63) is 42.5 Å². The molecule has 0 fully saturated rings. The van der Waals surface area contributed by atoms with Gasteiger partial charge in [0.2, 0.25) is 0 Å². The van der Waals surface area contributed by atoms with Gasteiger partial charge in [0.25, 0.3) is 0 Å². The Balaban J connectivity index is 0.000000640. The third-order valence-corrected chi connectivity index (χ3v) is 1.04. The Labute approximate surface area is 74.4 Å². The van der Waals surface area contributed by atoms with Crippen LogP contribution in [0.5, 0.6) is 0 Å². The van der Waals surface area contributed by atoms with Crippen LogP contribution < -0.4 is 0 Å². The summed E-state index contributed by atoms with van der Waals surface area (Å²) >= 11 is 0. The van der Waals surface area contributed by atoms with Crippen molar-refractivity contribution in [1.29, 1.82) is 0 Å². The normalized spacial score (nSPS) is 7.56. The van der Waals surface area contributed by atoms with Gasteiger partial charge in [-0.05, 0) is 5.56 Å². The molecule has 0 aliphatic heterocycles. The minimum absolute atomic E-state index is 0. The van der Waals surface area contributed by atoms with Crippen LogP contribution in [0.15, 0.2) is 36.9 Å². The van der Waals surface area contributed by atoms with Crippen molar-refractivity contribution in [2.24, 2.45) is 0 Å². The Morgan fingerprint density at radius 1 is 1.11 bits per heavy atom. The molecule has 0 aromatic heterocycles. The van der Waals surface area contributed by atoms with E-state index in [1.165, 1.54) is 5.56 Å². The zero-order valence-corrected chi connectivity index (χ0v) is 8.54. The van der Waals surface area contributed by atoms with Crippen LogP contribution in [-0.4, -0.2) is 25.8 Å². The van der Waals surface area contributed by atoms with Gasteiger partial charge in [0.1, 0.15) is 0 Å². The van der Waals surface area contributed by atoms with Crippen LogP contribution in [0, 0.1) is 0 Å². The van der Waals surface area contributed by atoms with Crippen LogP contribution in [0.2, 0.25) is 0 Å². The molecule has 9 heavy (non-hydrogen) atoms.